The first-order chi connectivity index (χ1) is 12.4. The van der Waals surface area contributed by atoms with Crippen molar-refractivity contribution in [2.45, 2.75) is 0 Å². The maximum Gasteiger partial charge on any atom is 0.342 e. The molecule has 0 aliphatic rings. The van der Waals surface area contributed by atoms with Gasteiger partial charge in [0.25, 0.3) is 5.91 Å². The first-order valence-corrected chi connectivity index (χ1v) is 7.47. The second-order valence-electron chi connectivity index (χ2n) is 5.08. The van der Waals surface area contributed by atoms with Gasteiger partial charge in [0.15, 0.2) is 6.61 Å². The molecule has 0 saturated carbocycles. The molecule has 0 heterocycles. The van der Waals surface area contributed by atoms with Crippen LogP contribution < -0.4 is 10.1 Å². The van der Waals surface area contributed by atoms with E-state index in [0.717, 1.165) is 0 Å². The molecule has 0 saturated heterocycles. The number of rotatable bonds is 6. The zero-order valence-electron chi connectivity index (χ0n) is 14.1. The number of phenolic OH excluding ortho intramolecular Hbond substituents is 1. The lowest BCUT2D eigenvalue weighted by atomic mass is 10.2. The van der Waals surface area contributed by atoms with E-state index in [4.69, 9.17) is 9.47 Å². The van der Waals surface area contributed by atoms with Crippen LogP contribution in [0.4, 0.5) is 5.69 Å². The number of anilines is 1. The molecule has 0 spiro atoms. The van der Waals surface area contributed by atoms with Crippen molar-refractivity contribution in [2.75, 3.05) is 26.1 Å². The van der Waals surface area contributed by atoms with Crippen molar-refractivity contribution in [1.82, 2.24) is 0 Å². The number of ether oxygens (including phenoxy) is 3. The second kappa shape index (κ2) is 8.52. The van der Waals surface area contributed by atoms with Crippen molar-refractivity contribution in [1.29, 1.82) is 0 Å². The summed E-state index contributed by atoms with van der Waals surface area (Å²) in [6, 6.07) is 10.1. The van der Waals surface area contributed by atoms with Gasteiger partial charge in [0.2, 0.25) is 0 Å². The normalized spacial score (nSPS) is 9.92. The molecule has 2 aromatic carbocycles. The lowest BCUT2D eigenvalue weighted by Crippen LogP contribution is -2.21. The fourth-order valence-corrected chi connectivity index (χ4v) is 2.02. The highest BCUT2D eigenvalue weighted by Gasteiger charge is 2.15. The lowest BCUT2D eigenvalue weighted by Gasteiger charge is -2.09. The van der Waals surface area contributed by atoms with Crippen molar-refractivity contribution in [3.8, 4) is 11.5 Å². The molecule has 0 radical (unpaired) electrons. The van der Waals surface area contributed by atoms with Gasteiger partial charge in [-0.2, -0.15) is 0 Å². The number of phenols is 1. The third kappa shape index (κ3) is 4.73. The number of esters is 2. The average Bonchev–Trinajstić information content (AvgIpc) is 2.65. The van der Waals surface area contributed by atoms with E-state index in [1.807, 2.05) is 0 Å². The largest absolute Gasteiger partial charge is 0.507 e. The number of benzene rings is 2. The number of carbonyl (C=O) groups excluding carboxylic acids is 3. The van der Waals surface area contributed by atoms with Gasteiger partial charge in [-0.05, 0) is 36.4 Å². The Morgan fingerprint density at radius 2 is 1.69 bits per heavy atom. The van der Waals surface area contributed by atoms with Gasteiger partial charge in [-0.15, -0.1) is 0 Å². The summed E-state index contributed by atoms with van der Waals surface area (Å²) in [6.45, 7) is -0.539. The van der Waals surface area contributed by atoms with Crippen LogP contribution >= 0.6 is 0 Å². The Morgan fingerprint density at radius 1 is 1.00 bits per heavy atom. The zero-order valence-corrected chi connectivity index (χ0v) is 14.1. The minimum absolute atomic E-state index is 0.0824. The van der Waals surface area contributed by atoms with Crippen LogP contribution in [0.2, 0.25) is 0 Å². The highest BCUT2D eigenvalue weighted by molar-refractivity contribution is 5.97. The highest BCUT2D eigenvalue weighted by atomic mass is 16.5. The second-order valence-corrected chi connectivity index (χ2v) is 5.08. The molecule has 2 rings (SSSR count). The molecule has 1 amide bonds. The van der Waals surface area contributed by atoms with Gasteiger partial charge in [0.05, 0.1) is 19.8 Å². The minimum atomic E-state index is -0.846. The molecule has 8 nitrogen and oxygen atoms in total. The Hall–Kier alpha value is -3.55. The molecule has 0 atom stereocenters. The van der Waals surface area contributed by atoms with E-state index in [1.165, 1.54) is 56.7 Å². The molecule has 0 unspecified atom stereocenters. The first kappa shape index (κ1) is 18.8. The summed E-state index contributed by atoms with van der Waals surface area (Å²) in [7, 11) is 2.70. The summed E-state index contributed by atoms with van der Waals surface area (Å²) in [5.41, 5.74) is 0.680. The molecular weight excluding hydrogens is 342 g/mol. The predicted octanol–water partition coefficient (Wildman–Crippen LogP) is 1.98. The molecule has 0 bridgehead atoms. The SMILES string of the molecule is COC(=O)c1ccc(NC(=O)COC(=O)c2ccc(OC)cc2O)cc1. The molecule has 0 fully saturated rings. The number of amides is 1. The van der Waals surface area contributed by atoms with Crippen molar-refractivity contribution >= 4 is 23.5 Å². The zero-order chi connectivity index (χ0) is 19.1. The van der Waals surface area contributed by atoms with E-state index in [0.29, 0.717) is 17.0 Å². The molecule has 0 aromatic heterocycles. The number of methoxy groups -OCH3 is 2. The van der Waals surface area contributed by atoms with Crippen molar-refractivity contribution in [2.24, 2.45) is 0 Å². The van der Waals surface area contributed by atoms with Gasteiger partial charge < -0.3 is 24.6 Å². The Morgan fingerprint density at radius 3 is 2.27 bits per heavy atom. The maximum atomic E-state index is 11.9. The van der Waals surface area contributed by atoms with E-state index < -0.39 is 24.5 Å². The summed E-state index contributed by atoms with van der Waals surface area (Å²) < 4.78 is 14.4. The van der Waals surface area contributed by atoms with E-state index in [2.05, 4.69) is 10.1 Å². The minimum Gasteiger partial charge on any atom is -0.507 e. The fourth-order valence-electron chi connectivity index (χ4n) is 2.02. The third-order valence-corrected chi connectivity index (χ3v) is 3.35. The molecular formula is C18H17NO7. The van der Waals surface area contributed by atoms with Gasteiger partial charge in [-0.1, -0.05) is 0 Å². The number of nitrogens with one attached hydrogen (secondary N) is 1. The molecule has 26 heavy (non-hydrogen) atoms. The summed E-state index contributed by atoms with van der Waals surface area (Å²) >= 11 is 0. The smallest absolute Gasteiger partial charge is 0.342 e. The van der Waals surface area contributed by atoms with Crippen molar-refractivity contribution < 1.29 is 33.7 Å². The van der Waals surface area contributed by atoms with Gasteiger partial charge >= 0.3 is 11.9 Å². The van der Waals surface area contributed by atoms with Crippen LogP contribution in [-0.2, 0) is 14.3 Å². The summed E-state index contributed by atoms with van der Waals surface area (Å²) in [6.07, 6.45) is 0. The molecule has 136 valence electrons. The molecule has 0 aliphatic heterocycles. The van der Waals surface area contributed by atoms with Crippen LogP contribution in [0.25, 0.3) is 0 Å². The van der Waals surface area contributed by atoms with Gasteiger partial charge in [0.1, 0.15) is 17.1 Å². The van der Waals surface area contributed by atoms with Crippen LogP contribution in [0.1, 0.15) is 20.7 Å². The lowest BCUT2D eigenvalue weighted by molar-refractivity contribution is -0.119. The number of carbonyl (C=O) groups is 3. The van der Waals surface area contributed by atoms with Crippen LogP contribution in [0, 0.1) is 0 Å². The fraction of sp³-hybridized carbons (Fsp3) is 0.167. The van der Waals surface area contributed by atoms with Crippen LogP contribution in [0.15, 0.2) is 42.5 Å². The Kier molecular flexibility index (Phi) is 6.15. The monoisotopic (exact) mass is 359 g/mol. The van der Waals surface area contributed by atoms with Crippen molar-refractivity contribution in [3.63, 3.8) is 0 Å². The van der Waals surface area contributed by atoms with E-state index >= 15 is 0 Å². The molecule has 2 N–H and O–H groups in total. The van der Waals surface area contributed by atoms with Gasteiger partial charge in [-0.25, -0.2) is 9.59 Å². The van der Waals surface area contributed by atoms with E-state index in [1.54, 1.807) is 0 Å². The van der Waals surface area contributed by atoms with Crippen LogP contribution in [-0.4, -0.2) is 43.8 Å². The first-order valence-electron chi connectivity index (χ1n) is 7.47. The number of hydrogen-bond acceptors (Lipinski definition) is 7. The third-order valence-electron chi connectivity index (χ3n) is 3.35. The quantitative estimate of drug-likeness (QED) is 0.759. The topological polar surface area (TPSA) is 111 Å². The predicted molar refractivity (Wildman–Crippen MR) is 91.4 cm³/mol. The Bertz CT molecular complexity index is 815. The standard InChI is InChI=1S/C18H17NO7/c1-24-13-7-8-14(15(20)9-13)18(23)26-10-16(21)19-12-5-3-11(4-6-12)17(22)25-2/h3-9,20H,10H2,1-2H3,(H,19,21). The van der Waals surface area contributed by atoms with Crippen LogP contribution in [0.3, 0.4) is 0 Å². The number of aromatic hydroxyl groups is 1. The highest BCUT2D eigenvalue weighted by Crippen LogP contribution is 2.23. The van der Waals surface area contributed by atoms with E-state index in [9.17, 15) is 19.5 Å². The Balaban J connectivity index is 1.90. The van der Waals surface area contributed by atoms with Gasteiger partial charge in [0, 0.05) is 11.8 Å². The molecule has 0 aliphatic carbocycles. The van der Waals surface area contributed by atoms with Crippen molar-refractivity contribution in [3.05, 3.63) is 53.6 Å². The summed E-state index contributed by atoms with van der Waals surface area (Å²) in [4.78, 5) is 35.1. The molecule has 8 heteroatoms. The van der Waals surface area contributed by atoms with E-state index in [-0.39, 0.29) is 11.3 Å². The van der Waals surface area contributed by atoms with Gasteiger partial charge in [-0.3, -0.25) is 4.79 Å². The average molecular weight is 359 g/mol. The summed E-state index contributed by atoms with van der Waals surface area (Å²) in [5, 5.41) is 12.3. The maximum absolute atomic E-state index is 11.9. The van der Waals surface area contributed by atoms with Crippen LogP contribution in [0.5, 0.6) is 11.5 Å². The number of hydrogen-bond donors (Lipinski definition) is 2. The Labute approximate surface area is 149 Å². The summed E-state index contributed by atoms with van der Waals surface area (Å²) in [5.74, 6) is -1.84. The molecule has 2 aromatic rings.